The third kappa shape index (κ3) is 5.31. The van der Waals surface area contributed by atoms with Crippen molar-refractivity contribution in [3.63, 3.8) is 0 Å². The van der Waals surface area contributed by atoms with Gasteiger partial charge in [0.25, 0.3) is 0 Å². The first-order valence-electron chi connectivity index (χ1n) is 11.2. The summed E-state index contributed by atoms with van der Waals surface area (Å²) in [5.41, 5.74) is 3.59. The van der Waals surface area contributed by atoms with Crippen molar-refractivity contribution < 1.29 is 9.59 Å². The molecule has 5 heteroatoms. The zero-order chi connectivity index (χ0) is 21.5. The Kier molecular flexibility index (Phi) is 8.08. The molecule has 0 saturated heterocycles. The number of unbranched alkanes of at least 4 members (excludes halogenated alkanes) is 2. The van der Waals surface area contributed by atoms with Gasteiger partial charge in [-0.25, -0.2) is 0 Å². The minimum Gasteiger partial charge on any atom is -0.333 e. The fourth-order valence-corrected chi connectivity index (χ4v) is 5.10. The summed E-state index contributed by atoms with van der Waals surface area (Å²) in [5, 5.41) is 2.13. The SMILES string of the molecule is CCCCCC(=O)N(CCC)CC(=O)N1CCc2sccc2[C@H]1c1ccc(C)cc1. The number of aryl methyl sites for hydroxylation is 1. The first kappa shape index (κ1) is 22.5. The van der Waals surface area contributed by atoms with Crippen LogP contribution in [0.25, 0.3) is 0 Å². The first-order chi connectivity index (χ1) is 14.5. The molecule has 0 bridgehead atoms. The quantitative estimate of drug-likeness (QED) is 0.507. The number of carbonyl (C=O) groups excluding carboxylic acids is 2. The van der Waals surface area contributed by atoms with E-state index < -0.39 is 0 Å². The maximum atomic E-state index is 13.4. The highest BCUT2D eigenvalue weighted by Crippen LogP contribution is 2.38. The van der Waals surface area contributed by atoms with Crippen molar-refractivity contribution in [3.05, 3.63) is 57.3 Å². The summed E-state index contributed by atoms with van der Waals surface area (Å²) < 4.78 is 0. The molecule has 2 heterocycles. The lowest BCUT2D eigenvalue weighted by molar-refractivity contribution is -0.141. The highest BCUT2D eigenvalue weighted by Gasteiger charge is 2.33. The Morgan fingerprint density at radius 1 is 1.10 bits per heavy atom. The molecule has 1 aliphatic rings. The number of benzene rings is 1. The van der Waals surface area contributed by atoms with Gasteiger partial charge in [0.15, 0.2) is 0 Å². The fourth-order valence-electron chi connectivity index (χ4n) is 4.19. The van der Waals surface area contributed by atoms with Gasteiger partial charge in [-0.05, 0) is 48.8 Å². The van der Waals surface area contributed by atoms with Crippen LogP contribution in [0.15, 0.2) is 35.7 Å². The highest BCUT2D eigenvalue weighted by molar-refractivity contribution is 7.10. The maximum absolute atomic E-state index is 13.4. The number of rotatable bonds is 9. The smallest absolute Gasteiger partial charge is 0.242 e. The van der Waals surface area contributed by atoms with Crippen LogP contribution in [0.3, 0.4) is 0 Å². The average molecular weight is 427 g/mol. The van der Waals surface area contributed by atoms with Gasteiger partial charge in [-0.1, -0.05) is 56.5 Å². The second-order valence-corrected chi connectivity index (χ2v) is 9.22. The summed E-state index contributed by atoms with van der Waals surface area (Å²) in [7, 11) is 0. The molecule has 1 atom stereocenters. The molecular weight excluding hydrogens is 392 g/mol. The molecule has 2 amide bonds. The largest absolute Gasteiger partial charge is 0.333 e. The van der Waals surface area contributed by atoms with Crippen LogP contribution in [0.5, 0.6) is 0 Å². The van der Waals surface area contributed by atoms with Gasteiger partial charge in [0.2, 0.25) is 11.8 Å². The first-order valence-corrected chi connectivity index (χ1v) is 12.1. The minimum absolute atomic E-state index is 0.0507. The number of carbonyl (C=O) groups is 2. The van der Waals surface area contributed by atoms with E-state index in [9.17, 15) is 9.59 Å². The molecule has 0 saturated carbocycles. The lowest BCUT2D eigenvalue weighted by atomic mass is 9.92. The second-order valence-electron chi connectivity index (χ2n) is 8.22. The van der Waals surface area contributed by atoms with Crippen LogP contribution < -0.4 is 0 Å². The molecule has 1 aliphatic heterocycles. The monoisotopic (exact) mass is 426 g/mol. The molecule has 1 aromatic carbocycles. The molecular formula is C25H34N2O2S. The van der Waals surface area contributed by atoms with Crippen LogP contribution in [0.4, 0.5) is 0 Å². The molecule has 0 unspecified atom stereocenters. The van der Waals surface area contributed by atoms with Gasteiger partial charge < -0.3 is 9.80 Å². The van der Waals surface area contributed by atoms with Crippen molar-refractivity contribution in [2.24, 2.45) is 0 Å². The van der Waals surface area contributed by atoms with Gasteiger partial charge in [-0.3, -0.25) is 9.59 Å². The average Bonchev–Trinajstić information content (AvgIpc) is 3.22. The van der Waals surface area contributed by atoms with E-state index in [1.165, 1.54) is 16.0 Å². The standard InChI is InChI=1S/C25H34N2O2S/c1-4-6-7-8-23(28)26(15-5-2)18-24(29)27-16-13-22-21(14-17-30-22)25(27)20-11-9-19(3)10-12-20/h9-12,14,17,25H,4-8,13,15-16,18H2,1-3H3/t25-/m1/s1. The summed E-state index contributed by atoms with van der Waals surface area (Å²) in [4.78, 5) is 31.3. The molecule has 0 radical (unpaired) electrons. The summed E-state index contributed by atoms with van der Waals surface area (Å²) in [5.74, 6) is 0.161. The van der Waals surface area contributed by atoms with Gasteiger partial charge in [-0.15, -0.1) is 11.3 Å². The minimum atomic E-state index is -0.0632. The Bertz CT molecular complexity index is 843. The summed E-state index contributed by atoms with van der Waals surface area (Å²) in [6.45, 7) is 7.80. The lowest BCUT2D eigenvalue weighted by Crippen LogP contribution is -2.47. The number of hydrogen-bond donors (Lipinski definition) is 0. The van der Waals surface area contributed by atoms with E-state index in [1.807, 2.05) is 4.90 Å². The maximum Gasteiger partial charge on any atom is 0.242 e. The Morgan fingerprint density at radius 3 is 2.57 bits per heavy atom. The zero-order valence-corrected chi connectivity index (χ0v) is 19.3. The topological polar surface area (TPSA) is 40.6 Å². The Morgan fingerprint density at radius 2 is 1.87 bits per heavy atom. The van der Waals surface area contributed by atoms with Crippen LogP contribution in [0, 0.1) is 6.92 Å². The van der Waals surface area contributed by atoms with Crippen molar-refractivity contribution >= 4 is 23.2 Å². The Balaban J connectivity index is 1.80. The molecule has 3 rings (SSSR count). The van der Waals surface area contributed by atoms with Gasteiger partial charge >= 0.3 is 0 Å². The van der Waals surface area contributed by atoms with Gasteiger partial charge in [0, 0.05) is 24.4 Å². The van der Waals surface area contributed by atoms with E-state index in [-0.39, 0.29) is 24.4 Å². The molecule has 0 N–H and O–H groups in total. The molecule has 30 heavy (non-hydrogen) atoms. The summed E-state index contributed by atoms with van der Waals surface area (Å²) in [6, 6.07) is 10.6. The second kappa shape index (κ2) is 10.8. The van der Waals surface area contributed by atoms with Crippen molar-refractivity contribution in [2.75, 3.05) is 19.6 Å². The lowest BCUT2D eigenvalue weighted by Gasteiger charge is -2.37. The van der Waals surface area contributed by atoms with Crippen LogP contribution >= 0.6 is 11.3 Å². The predicted octanol–water partition coefficient (Wildman–Crippen LogP) is 5.35. The number of fused-ring (bicyclic) bond motifs is 1. The number of thiophene rings is 1. The molecule has 1 aromatic heterocycles. The molecule has 0 spiro atoms. The van der Waals surface area contributed by atoms with E-state index in [2.05, 4.69) is 56.5 Å². The van der Waals surface area contributed by atoms with Gasteiger partial charge in [-0.2, -0.15) is 0 Å². The predicted molar refractivity (Wildman–Crippen MR) is 124 cm³/mol. The Labute approximate surface area is 184 Å². The normalized spacial score (nSPS) is 15.7. The van der Waals surface area contributed by atoms with E-state index in [0.717, 1.165) is 37.7 Å². The molecule has 0 aliphatic carbocycles. The number of amides is 2. The van der Waals surface area contributed by atoms with Crippen molar-refractivity contribution in [1.29, 1.82) is 0 Å². The number of nitrogens with zero attached hydrogens (tertiary/aromatic N) is 2. The third-order valence-electron chi connectivity index (χ3n) is 5.85. The molecule has 2 aromatic rings. The van der Waals surface area contributed by atoms with Gasteiger partial charge in [0.1, 0.15) is 0 Å². The van der Waals surface area contributed by atoms with E-state index in [0.29, 0.717) is 19.5 Å². The fraction of sp³-hybridized carbons (Fsp3) is 0.520. The Hall–Kier alpha value is -2.14. The number of hydrogen-bond acceptors (Lipinski definition) is 3. The van der Waals surface area contributed by atoms with E-state index in [1.54, 1.807) is 16.2 Å². The summed E-state index contributed by atoms with van der Waals surface area (Å²) in [6.07, 6.45) is 5.34. The third-order valence-corrected chi connectivity index (χ3v) is 6.84. The van der Waals surface area contributed by atoms with Crippen LogP contribution in [-0.4, -0.2) is 41.2 Å². The van der Waals surface area contributed by atoms with Gasteiger partial charge in [0.05, 0.1) is 12.6 Å². The molecule has 4 nitrogen and oxygen atoms in total. The molecule has 0 fully saturated rings. The van der Waals surface area contributed by atoms with E-state index in [4.69, 9.17) is 0 Å². The summed E-state index contributed by atoms with van der Waals surface area (Å²) >= 11 is 1.78. The van der Waals surface area contributed by atoms with Crippen molar-refractivity contribution in [1.82, 2.24) is 9.80 Å². The van der Waals surface area contributed by atoms with Crippen molar-refractivity contribution in [3.8, 4) is 0 Å². The van der Waals surface area contributed by atoms with E-state index >= 15 is 0 Å². The van der Waals surface area contributed by atoms with Crippen LogP contribution in [0.2, 0.25) is 0 Å². The zero-order valence-electron chi connectivity index (χ0n) is 18.5. The van der Waals surface area contributed by atoms with Crippen molar-refractivity contribution in [2.45, 2.75) is 65.3 Å². The van der Waals surface area contributed by atoms with Crippen LogP contribution in [-0.2, 0) is 16.0 Å². The molecule has 162 valence electrons. The van der Waals surface area contributed by atoms with Crippen LogP contribution in [0.1, 0.15) is 73.6 Å². The highest BCUT2D eigenvalue weighted by atomic mass is 32.1.